The number of amides is 2. The van der Waals surface area contributed by atoms with Gasteiger partial charge in [0.2, 0.25) is 0 Å². The van der Waals surface area contributed by atoms with E-state index in [1.807, 2.05) is 0 Å². The van der Waals surface area contributed by atoms with E-state index in [-0.39, 0.29) is 5.69 Å². The van der Waals surface area contributed by atoms with Crippen LogP contribution in [0.3, 0.4) is 0 Å². The van der Waals surface area contributed by atoms with E-state index in [2.05, 4.69) is 31.8 Å². The first kappa shape index (κ1) is 24.0. The topological polar surface area (TPSA) is 106 Å². The zero-order chi connectivity index (χ0) is 23.8. The molecule has 3 rings (SSSR count). The molecule has 0 bridgehead atoms. The van der Waals surface area contributed by atoms with E-state index < -0.39 is 17.8 Å². The number of hydrogen-bond donors (Lipinski definition) is 2. The average Bonchev–Trinajstić information content (AvgIpc) is 2.80. The van der Waals surface area contributed by atoms with Gasteiger partial charge in [0.05, 0.1) is 24.6 Å². The fraction of sp³-hybridized carbons (Fsp3) is 0.0435. The largest absolute Gasteiger partial charge is 0.495 e. The fourth-order valence-corrected chi connectivity index (χ4v) is 3.20. The van der Waals surface area contributed by atoms with Crippen LogP contribution in [0.2, 0.25) is 5.02 Å². The summed E-state index contributed by atoms with van der Waals surface area (Å²) in [6.45, 7) is 0. The number of methoxy groups -OCH3 is 1. The molecule has 2 N–H and O–H groups in total. The van der Waals surface area contributed by atoms with Crippen molar-refractivity contribution in [1.82, 2.24) is 5.43 Å². The highest BCUT2D eigenvalue weighted by Gasteiger charge is 2.16. The van der Waals surface area contributed by atoms with Gasteiger partial charge in [-0.2, -0.15) is 5.10 Å². The molecule has 0 aliphatic carbocycles. The number of halogens is 2. The average molecular weight is 531 g/mol. The van der Waals surface area contributed by atoms with E-state index in [1.165, 1.54) is 19.4 Å². The van der Waals surface area contributed by atoms with Gasteiger partial charge < -0.3 is 14.8 Å². The predicted octanol–water partition coefficient (Wildman–Crippen LogP) is 4.42. The molecule has 0 saturated heterocycles. The first-order chi connectivity index (χ1) is 15.9. The van der Waals surface area contributed by atoms with Crippen LogP contribution in [0.15, 0.2) is 76.3 Å². The van der Waals surface area contributed by atoms with Crippen molar-refractivity contribution in [2.24, 2.45) is 5.10 Å². The van der Waals surface area contributed by atoms with Gasteiger partial charge in [0, 0.05) is 9.50 Å². The highest BCUT2D eigenvalue weighted by molar-refractivity contribution is 9.10. The van der Waals surface area contributed by atoms with Crippen LogP contribution in [-0.2, 0) is 9.59 Å². The molecule has 3 aromatic rings. The summed E-state index contributed by atoms with van der Waals surface area (Å²) in [5.41, 5.74) is 3.39. The van der Waals surface area contributed by atoms with Gasteiger partial charge in [0.15, 0.2) is 0 Å². The van der Waals surface area contributed by atoms with Crippen LogP contribution in [-0.4, -0.2) is 31.1 Å². The van der Waals surface area contributed by atoms with Crippen molar-refractivity contribution < 1.29 is 23.9 Å². The van der Waals surface area contributed by atoms with Crippen molar-refractivity contribution in [3.05, 3.63) is 87.4 Å². The number of benzene rings is 3. The highest BCUT2D eigenvalue weighted by Crippen LogP contribution is 2.27. The van der Waals surface area contributed by atoms with E-state index in [9.17, 15) is 14.4 Å². The molecular weight excluding hydrogens is 514 g/mol. The van der Waals surface area contributed by atoms with E-state index in [0.717, 1.165) is 0 Å². The smallest absolute Gasteiger partial charge is 0.344 e. The van der Waals surface area contributed by atoms with Crippen LogP contribution in [0.1, 0.15) is 15.9 Å². The third-order valence-corrected chi connectivity index (χ3v) is 5.11. The molecule has 0 spiro atoms. The van der Waals surface area contributed by atoms with Gasteiger partial charge in [-0.15, -0.1) is 0 Å². The molecule has 8 nitrogen and oxygen atoms in total. The van der Waals surface area contributed by atoms with Crippen molar-refractivity contribution in [2.45, 2.75) is 0 Å². The number of rotatable bonds is 6. The highest BCUT2D eigenvalue weighted by atomic mass is 79.9. The predicted molar refractivity (Wildman–Crippen MR) is 128 cm³/mol. The third-order valence-electron chi connectivity index (χ3n) is 4.18. The Kier molecular flexibility index (Phi) is 8.17. The molecule has 0 fully saturated rings. The summed E-state index contributed by atoms with van der Waals surface area (Å²) in [5, 5.41) is 6.54. The third kappa shape index (κ3) is 6.64. The minimum Gasteiger partial charge on any atom is -0.495 e. The molecule has 0 atom stereocenters. The van der Waals surface area contributed by atoms with Crippen LogP contribution in [0.25, 0.3) is 0 Å². The molecule has 10 heteroatoms. The van der Waals surface area contributed by atoms with Gasteiger partial charge in [-0.3, -0.25) is 9.59 Å². The first-order valence-corrected chi connectivity index (χ1v) is 10.6. The Morgan fingerprint density at radius 2 is 1.73 bits per heavy atom. The summed E-state index contributed by atoms with van der Waals surface area (Å²) in [6, 6.07) is 18.0. The molecule has 33 heavy (non-hydrogen) atoms. The van der Waals surface area contributed by atoms with E-state index >= 15 is 0 Å². The van der Waals surface area contributed by atoms with Crippen LogP contribution in [0.4, 0.5) is 5.69 Å². The minimum absolute atomic E-state index is 0.252. The number of nitrogens with zero attached hydrogens (tertiary/aromatic N) is 1. The van der Waals surface area contributed by atoms with Crippen molar-refractivity contribution >= 4 is 57.2 Å². The number of esters is 1. The minimum atomic E-state index is -0.979. The molecule has 0 heterocycles. The molecular formula is C23H17BrClN3O5. The normalized spacial score (nSPS) is 10.5. The Labute approximate surface area is 202 Å². The van der Waals surface area contributed by atoms with E-state index in [4.69, 9.17) is 21.1 Å². The number of anilines is 1. The lowest BCUT2D eigenvalue weighted by Gasteiger charge is -2.09. The standard InChI is InChI=1S/C23H17BrClN3O5/c1-32-20-11-8-15(25)12-19(20)27-21(29)22(30)28-26-13-14-6-9-16(10-7-14)33-23(31)17-4-2-3-5-18(17)24/h2-13H,1H3,(H,27,29)(H,28,30). The Bertz CT molecular complexity index is 1210. The molecule has 0 aromatic heterocycles. The zero-order valence-corrected chi connectivity index (χ0v) is 19.5. The summed E-state index contributed by atoms with van der Waals surface area (Å²) in [6.07, 6.45) is 1.34. The second-order valence-corrected chi connectivity index (χ2v) is 7.73. The molecule has 2 amide bonds. The van der Waals surface area contributed by atoms with Gasteiger partial charge in [0.25, 0.3) is 0 Å². The summed E-state index contributed by atoms with van der Waals surface area (Å²) in [7, 11) is 1.43. The van der Waals surface area contributed by atoms with Gasteiger partial charge in [-0.05, 0) is 76.1 Å². The van der Waals surface area contributed by atoms with Crippen LogP contribution >= 0.6 is 27.5 Å². The number of hydrazone groups is 1. The first-order valence-electron chi connectivity index (χ1n) is 9.42. The molecule has 168 valence electrons. The molecule has 0 saturated carbocycles. The van der Waals surface area contributed by atoms with Crippen LogP contribution < -0.4 is 20.2 Å². The van der Waals surface area contributed by atoms with Crippen molar-refractivity contribution in [3.63, 3.8) is 0 Å². The Hall–Kier alpha value is -3.69. The Morgan fingerprint density at radius 1 is 1.00 bits per heavy atom. The second-order valence-electron chi connectivity index (χ2n) is 6.44. The molecule has 0 aliphatic rings. The SMILES string of the molecule is COc1ccc(Cl)cc1NC(=O)C(=O)NN=Cc1ccc(OC(=O)c2ccccc2Br)cc1. The number of hydrogen-bond acceptors (Lipinski definition) is 6. The lowest BCUT2D eigenvalue weighted by Crippen LogP contribution is -2.32. The monoisotopic (exact) mass is 529 g/mol. The Balaban J connectivity index is 1.54. The maximum Gasteiger partial charge on any atom is 0.344 e. The molecule has 0 unspecified atom stereocenters. The van der Waals surface area contributed by atoms with Gasteiger partial charge in [-0.1, -0.05) is 23.7 Å². The number of ether oxygens (including phenoxy) is 2. The van der Waals surface area contributed by atoms with E-state index in [0.29, 0.717) is 32.1 Å². The fourth-order valence-electron chi connectivity index (χ4n) is 2.58. The lowest BCUT2D eigenvalue weighted by atomic mass is 10.2. The number of nitrogens with one attached hydrogen (secondary N) is 2. The van der Waals surface area contributed by atoms with Crippen molar-refractivity contribution in [3.8, 4) is 11.5 Å². The lowest BCUT2D eigenvalue weighted by molar-refractivity contribution is -0.136. The summed E-state index contributed by atoms with van der Waals surface area (Å²) in [5.74, 6) is -1.73. The number of carbonyl (C=O) groups is 3. The number of carbonyl (C=O) groups excluding carboxylic acids is 3. The maximum atomic E-state index is 12.2. The zero-order valence-electron chi connectivity index (χ0n) is 17.2. The summed E-state index contributed by atoms with van der Waals surface area (Å²) < 4.78 is 11.1. The van der Waals surface area contributed by atoms with Crippen LogP contribution in [0, 0.1) is 0 Å². The quantitative estimate of drug-likeness (QED) is 0.161. The summed E-state index contributed by atoms with van der Waals surface area (Å²) >= 11 is 9.21. The van der Waals surface area contributed by atoms with Crippen molar-refractivity contribution in [1.29, 1.82) is 0 Å². The van der Waals surface area contributed by atoms with Crippen LogP contribution in [0.5, 0.6) is 11.5 Å². The molecule has 3 aromatic carbocycles. The van der Waals surface area contributed by atoms with Crippen molar-refractivity contribution in [2.75, 3.05) is 12.4 Å². The maximum absolute atomic E-state index is 12.2. The van der Waals surface area contributed by atoms with Gasteiger partial charge in [0.1, 0.15) is 11.5 Å². The molecule has 0 aliphatic heterocycles. The summed E-state index contributed by atoms with van der Waals surface area (Å²) in [4.78, 5) is 36.3. The Morgan fingerprint density at radius 3 is 2.42 bits per heavy atom. The molecule has 0 radical (unpaired) electrons. The van der Waals surface area contributed by atoms with Gasteiger partial charge >= 0.3 is 17.8 Å². The van der Waals surface area contributed by atoms with E-state index in [1.54, 1.807) is 60.7 Å². The van der Waals surface area contributed by atoms with Gasteiger partial charge in [-0.25, -0.2) is 10.2 Å². The second kappa shape index (κ2) is 11.3.